The van der Waals surface area contributed by atoms with Crippen LogP contribution in [0, 0.1) is 5.92 Å². The standard InChI is InChI=1S/C20H28F2N4O3/c1-28-11-15(26-9-8-24-19(26)27)13-2-3-16-14(10-13)25-18(29-16)17(23)12-4-6-20(21,22)7-5-12/h2-3,10,12,15,17,19,24,27H,4-9,11,23H2,1H3/t15?,17-,19?/m0/s1. The average Bonchev–Trinajstić information content (AvgIpc) is 3.31. The van der Waals surface area contributed by atoms with E-state index in [0.717, 1.165) is 5.56 Å². The molecule has 2 aliphatic rings. The monoisotopic (exact) mass is 410 g/mol. The van der Waals surface area contributed by atoms with E-state index in [1.165, 1.54) is 0 Å². The Bertz CT molecular complexity index is 836. The fourth-order valence-electron chi connectivity index (χ4n) is 4.37. The minimum Gasteiger partial charge on any atom is -0.439 e. The first-order valence-corrected chi connectivity index (χ1v) is 10.1. The quantitative estimate of drug-likeness (QED) is 0.673. The Hall–Kier alpha value is -1.65. The number of benzene rings is 1. The van der Waals surface area contributed by atoms with Crippen molar-refractivity contribution in [1.29, 1.82) is 0 Å². The van der Waals surface area contributed by atoms with Gasteiger partial charge in [0.1, 0.15) is 5.52 Å². The van der Waals surface area contributed by atoms with Gasteiger partial charge in [0.2, 0.25) is 11.8 Å². The maximum absolute atomic E-state index is 13.4. The topological polar surface area (TPSA) is 96.8 Å². The van der Waals surface area contributed by atoms with Crippen molar-refractivity contribution < 1.29 is 23.0 Å². The third-order valence-corrected chi connectivity index (χ3v) is 6.10. The van der Waals surface area contributed by atoms with Gasteiger partial charge >= 0.3 is 0 Å². The number of hydrogen-bond acceptors (Lipinski definition) is 7. The summed E-state index contributed by atoms with van der Waals surface area (Å²) in [4.78, 5) is 6.49. The molecular weight excluding hydrogens is 382 g/mol. The average molecular weight is 410 g/mol. The molecule has 1 aliphatic carbocycles. The highest BCUT2D eigenvalue weighted by Gasteiger charge is 2.38. The number of hydrogen-bond donors (Lipinski definition) is 3. The van der Waals surface area contributed by atoms with Gasteiger partial charge in [-0.05, 0) is 36.5 Å². The second kappa shape index (κ2) is 8.23. The van der Waals surface area contributed by atoms with Crippen LogP contribution < -0.4 is 11.1 Å². The molecule has 9 heteroatoms. The molecule has 1 saturated carbocycles. The normalized spacial score (nSPS) is 25.5. The van der Waals surface area contributed by atoms with Gasteiger partial charge in [0, 0.05) is 33.0 Å². The van der Waals surface area contributed by atoms with Gasteiger partial charge in [-0.15, -0.1) is 0 Å². The summed E-state index contributed by atoms with van der Waals surface area (Å²) in [6.45, 7) is 1.83. The van der Waals surface area contributed by atoms with E-state index in [9.17, 15) is 13.9 Å². The Kier molecular flexibility index (Phi) is 5.85. The Balaban J connectivity index is 1.55. The van der Waals surface area contributed by atoms with Crippen LogP contribution in [-0.2, 0) is 4.74 Å². The van der Waals surface area contributed by atoms with E-state index in [4.69, 9.17) is 14.9 Å². The van der Waals surface area contributed by atoms with E-state index in [1.54, 1.807) is 7.11 Å². The number of ether oxygens (including phenoxy) is 1. The molecule has 0 amide bonds. The predicted octanol–water partition coefficient (Wildman–Crippen LogP) is 2.52. The zero-order valence-corrected chi connectivity index (χ0v) is 16.5. The van der Waals surface area contributed by atoms with Crippen LogP contribution in [0.1, 0.15) is 49.2 Å². The van der Waals surface area contributed by atoms with Crippen molar-refractivity contribution in [3.63, 3.8) is 0 Å². The van der Waals surface area contributed by atoms with Crippen molar-refractivity contribution in [2.75, 3.05) is 26.8 Å². The first-order chi connectivity index (χ1) is 13.9. The van der Waals surface area contributed by atoms with Gasteiger partial charge in [-0.1, -0.05) is 6.07 Å². The van der Waals surface area contributed by atoms with Crippen LogP contribution in [0.2, 0.25) is 0 Å². The van der Waals surface area contributed by atoms with E-state index in [1.807, 2.05) is 23.1 Å². The summed E-state index contributed by atoms with van der Waals surface area (Å²) in [5.74, 6) is -2.26. The number of aromatic nitrogens is 1. The Morgan fingerprint density at radius 3 is 2.83 bits per heavy atom. The SMILES string of the molecule is COCC(c1ccc2oc([C@@H](N)C3CCC(F)(F)CC3)nc2c1)N1CCNC1O. The van der Waals surface area contributed by atoms with Crippen molar-refractivity contribution in [1.82, 2.24) is 15.2 Å². The molecule has 29 heavy (non-hydrogen) atoms. The molecule has 2 fully saturated rings. The third kappa shape index (κ3) is 4.29. The summed E-state index contributed by atoms with van der Waals surface area (Å²) in [5.41, 5.74) is 8.54. The predicted molar refractivity (Wildman–Crippen MR) is 103 cm³/mol. The minimum absolute atomic E-state index is 0.0609. The third-order valence-electron chi connectivity index (χ3n) is 6.10. The smallest absolute Gasteiger partial charge is 0.248 e. The van der Waals surface area contributed by atoms with Gasteiger partial charge in [0.15, 0.2) is 11.9 Å². The van der Waals surface area contributed by atoms with Gasteiger partial charge in [0.25, 0.3) is 0 Å². The van der Waals surface area contributed by atoms with Crippen molar-refractivity contribution >= 4 is 11.1 Å². The highest BCUT2D eigenvalue weighted by atomic mass is 19.3. The maximum Gasteiger partial charge on any atom is 0.248 e. The highest BCUT2D eigenvalue weighted by Crippen LogP contribution is 2.41. The number of nitrogens with zero attached hydrogens (tertiary/aromatic N) is 2. The molecule has 2 heterocycles. The van der Waals surface area contributed by atoms with Crippen LogP contribution >= 0.6 is 0 Å². The van der Waals surface area contributed by atoms with Gasteiger partial charge < -0.3 is 20.0 Å². The molecule has 0 bridgehead atoms. The molecule has 3 atom stereocenters. The number of alkyl halides is 2. The summed E-state index contributed by atoms with van der Waals surface area (Å²) in [6.07, 6.45) is -0.264. The van der Waals surface area contributed by atoms with Crippen molar-refractivity contribution in [2.24, 2.45) is 11.7 Å². The Morgan fingerprint density at radius 2 is 2.17 bits per heavy atom. The number of fused-ring (bicyclic) bond motifs is 1. The largest absolute Gasteiger partial charge is 0.439 e. The maximum atomic E-state index is 13.4. The lowest BCUT2D eigenvalue weighted by Gasteiger charge is -2.30. The molecule has 4 N–H and O–H groups in total. The number of rotatable bonds is 6. The minimum atomic E-state index is -2.59. The first-order valence-electron chi connectivity index (χ1n) is 10.1. The number of aliphatic hydroxyl groups excluding tert-OH is 1. The second-order valence-electron chi connectivity index (χ2n) is 8.04. The number of aliphatic hydroxyl groups is 1. The molecule has 1 saturated heterocycles. The summed E-state index contributed by atoms with van der Waals surface area (Å²) in [5, 5.41) is 13.2. The van der Waals surface area contributed by atoms with Gasteiger partial charge in [-0.2, -0.15) is 0 Å². The first kappa shape index (κ1) is 20.6. The number of halogens is 2. The molecule has 7 nitrogen and oxygen atoms in total. The molecule has 1 aromatic heterocycles. The lowest BCUT2D eigenvalue weighted by atomic mass is 9.82. The fraction of sp³-hybridized carbons (Fsp3) is 0.650. The molecule has 0 spiro atoms. The second-order valence-corrected chi connectivity index (χ2v) is 8.04. The summed E-state index contributed by atoms with van der Waals surface area (Å²) in [6, 6.07) is 5.05. The van der Waals surface area contributed by atoms with Crippen LogP contribution in [0.3, 0.4) is 0 Å². The van der Waals surface area contributed by atoms with Crippen molar-refractivity contribution in [3.8, 4) is 0 Å². The Morgan fingerprint density at radius 1 is 1.41 bits per heavy atom. The van der Waals surface area contributed by atoms with Gasteiger partial charge in [-0.3, -0.25) is 10.2 Å². The summed E-state index contributed by atoms with van der Waals surface area (Å²) >= 11 is 0. The van der Waals surface area contributed by atoms with Crippen LogP contribution in [0.15, 0.2) is 22.6 Å². The van der Waals surface area contributed by atoms with Gasteiger partial charge in [0.05, 0.1) is 18.7 Å². The summed E-state index contributed by atoms with van der Waals surface area (Å²) in [7, 11) is 1.63. The van der Waals surface area contributed by atoms with E-state index in [0.29, 0.717) is 49.5 Å². The highest BCUT2D eigenvalue weighted by molar-refractivity contribution is 5.73. The van der Waals surface area contributed by atoms with E-state index in [2.05, 4.69) is 10.3 Å². The van der Waals surface area contributed by atoms with Gasteiger partial charge in [-0.25, -0.2) is 13.8 Å². The van der Waals surface area contributed by atoms with E-state index < -0.39 is 18.3 Å². The van der Waals surface area contributed by atoms with Crippen molar-refractivity contribution in [3.05, 3.63) is 29.7 Å². The van der Waals surface area contributed by atoms with Crippen LogP contribution in [0.25, 0.3) is 11.1 Å². The number of methoxy groups -OCH3 is 1. The summed E-state index contributed by atoms with van der Waals surface area (Å²) < 4.78 is 38.1. The lowest BCUT2D eigenvalue weighted by molar-refractivity contribution is -0.0491. The fourth-order valence-corrected chi connectivity index (χ4v) is 4.37. The van der Waals surface area contributed by atoms with Crippen LogP contribution in [0.5, 0.6) is 0 Å². The van der Waals surface area contributed by atoms with E-state index >= 15 is 0 Å². The lowest BCUT2D eigenvalue weighted by Crippen LogP contribution is -2.39. The number of oxazole rings is 1. The van der Waals surface area contributed by atoms with Crippen LogP contribution in [-0.4, -0.2) is 54.1 Å². The molecule has 4 rings (SSSR count). The molecule has 160 valence electrons. The molecular formula is C20H28F2N4O3. The molecule has 1 aromatic carbocycles. The Labute approximate surface area is 168 Å². The zero-order chi connectivity index (χ0) is 20.6. The van der Waals surface area contributed by atoms with Crippen molar-refractivity contribution in [2.45, 2.75) is 50.0 Å². The van der Waals surface area contributed by atoms with Crippen LogP contribution in [0.4, 0.5) is 8.78 Å². The molecule has 2 aromatic rings. The number of nitrogens with two attached hydrogens (primary N) is 1. The molecule has 1 aliphatic heterocycles. The number of nitrogens with one attached hydrogen (secondary N) is 1. The molecule has 0 radical (unpaired) electrons. The zero-order valence-electron chi connectivity index (χ0n) is 16.5. The molecule has 2 unspecified atom stereocenters. The van der Waals surface area contributed by atoms with E-state index in [-0.39, 0.29) is 24.8 Å².